The van der Waals surface area contributed by atoms with Gasteiger partial charge in [0.2, 0.25) is 0 Å². The number of nitrogens with zero attached hydrogens (tertiary/aromatic N) is 1. The van der Waals surface area contributed by atoms with Crippen molar-refractivity contribution < 1.29 is 9.53 Å². The second-order valence-corrected chi connectivity index (χ2v) is 4.23. The lowest BCUT2D eigenvalue weighted by Gasteiger charge is -2.29. The van der Waals surface area contributed by atoms with Crippen LogP contribution in [0.4, 0.5) is 11.4 Å². The van der Waals surface area contributed by atoms with E-state index in [1.165, 1.54) is 0 Å². The monoisotopic (exact) mass is 250 g/mol. The van der Waals surface area contributed by atoms with Crippen LogP contribution in [0.25, 0.3) is 0 Å². The number of anilines is 2. The molecule has 1 atom stereocenters. The molecule has 18 heavy (non-hydrogen) atoms. The summed E-state index contributed by atoms with van der Waals surface area (Å²) in [5.74, 6) is -0.190. The molecule has 0 bridgehead atoms. The Morgan fingerprint density at radius 1 is 1.39 bits per heavy atom. The van der Waals surface area contributed by atoms with Crippen LogP contribution in [0.1, 0.15) is 26.7 Å². The SMILES string of the molecule is CCCC(C(=O)OCC)N(C)c1ccccc1N. The zero-order valence-electron chi connectivity index (χ0n) is 11.3. The second kappa shape index (κ2) is 6.89. The zero-order chi connectivity index (χ0) is 13.5. The number of hydrogen-bond acceptors (Lipinski definition) is 4. The minimum absolute atomic E-state index is 0.190. The maximum Gasteiger partial charge on any atom is 0.328 e. The third-order valence-corrected chi connectivity index (χ3v) is 2.91. The van der Waals surface area contributed by atoms with Gasteiger partial charge in [-0.2, -0.15) is 0 Å². The molecule has 1 rings (SSSR count). The van der Waals surface area contributed by atoms with Gasteiger partial charge < -0.3 is 15.4 Å². The van der Waals surface area contributed by atoms with Gasteiger partial charge >= 0.3 is 5.97 Å². The van der Waals surface area contributed by atoms with Crippen molar-refractivity contribution >= 4 is 17.3 Å². The number of nitrogens with two attached hydrogens (primary N) is 1. The van der Waals surface area contributed by atoms with Crippen molar-refractivity contribution in [1.82, 2.24) is 0 Å². The number of esters is 1. The number of carbonyl (C=O) groups excluding carboxylic acids is 1. The van der Waals surface area contributed by atoms with Crippen molar-refractivity contribution in [2.45, 2.75) is 32.7 Å². The topological polar surface area (TPSA) is 55.6 Å². The first kappa shape index (κ1) is 14.4. The minimum atomic E-state index is -0.278. The van der Waals surface area contributed by atoms with Gasteiger partial charge in [0.25, 0.3) is 0 Å². The molecule has 0 saturated heterocycles. The van der Waals surface area contributed by atoms with E-state index in [4.69, 9.17) is 10.5 Å². The third kappa shape index (κ3) is 3.39. The summed E-state index contributed by atoms with van der Waals surface area (Å²) in [6.45, 7) is 4.27. The predicted octanol–water partition coefficient (Wildman–Crippen LogP) is 2.44. The van der Waals surface area contributed by atoms with Gasteiger partial charge in [0.15, 0.2) is 0 Å². The molecule has 0 fully saturated rings. The molecule has 1 aromatic carbocycles. The summed E-state index contributed by atoms with van der Waals surface area (Å²) in [6.07, 6.45) is 1.67. The predicted molar refractivity (Wildman–Crippen MR) is 74.6 cm³/mol. The highest BCUT2D eigenvalue weighted by Crippen LogP contribution is 2.24. The molecular weight excluding hydrogens is 228 g/mol. The number of ether oxygens (including phenoxy) is 1. The fourth-order valence-electron chi connectivity index (χ4n) is 1.96. The summed E-state index contributed by atoms with van der Waals surface area (Å²) < 4.78 is 5.12. The Morgan fingerprint density at radius 2 is 2.06 bits per heavy atom. The Hall–Kier alpha value is -1.71. The highest BCUT2D eigenvalue weighted by atomic mass is 16.5. The molecule has 0 spiro atoms. The number of rotatable bonds is 6. The summed E-state index contributed by atoms with van der Waals surface area (Å²) >= 11 is 0. The van der Waals surface area contributed by atoms with Gasteiger partial charge in [-0.3, -0.25) is 0 Å². The molecular formula is C14H22N2O2. The standard InChI is InChI=1S/C14H22N2O2/c1-4-8-13(14(17)18-5-2)16(3)12-10-7-6-9-11(12)15/h6-7,9-10,13H,4-5,8,15H2,1-3H3. The van der Waals surface area contributed by atoms with Crippen LogP contribution in [0.2, 0.25) is 0 Å². The van der Waals surface area contributed by atoms with E-state index >= 15 is 0 Å². The average Bonchev–Trinajstić information content (AvgIpc) is 2.36. The van der Waals surface area contributed by atoms with Crippen molar-refractivity contribution in [1.29, 1.82) is 0 Å². The number of hydrogen-bond donors (Lipinski definition) is 1. The Balaban J connectivity index is 2.92. The molecule has 100 valence electrons. The normalized spacial score (nSPS) is 11.9. The molecule has 0 aliphatic rings. The van der Waals surface area contributed by atoms with Gasteiger partial charge in [0.05, 0.1) is 18.0 Å². The smallest absolute Gasteiger partial charge is 0.328 e. The van der Waals surface area contributed by atoms with Crippen LogP contribution in [-0.2, 0) is 9.53 Å². The summed E-state index contributed by atoms with van der Waals surface area (Å²) in [4.78, 5) is 13.9. The number of likely N-dealkylation sites (N-methyl/N-ethyl adjacent to an activating group) is 1. The lowest BCUT2D eigenvalue weighted by molar-refractivity contribution is -0.144. The highest BCUT2D eigenvalue weighted by Gasteiger charge is 2.24. The molecule has 2 N–H and O–H groups in total. The average molecular weight is 250 g/mol. The van der Waals surface area contributed by atoms with E-state index in [0.29, 0.717) is 12.3 Å². The molecule has 0 saturated carbocycles. The summed E-state index contributed by atoms with van der Waals surface area (Å²) in [5.41, 5.74) is 7.47. The number of benzene rings is 1. The van der Waals surface area contributed by atoms with Crippen molar-refractivity contribution in [3.8, 4) is 0 Å². The maximum absolute atomic E-state index is 12.0. The van der Waals surface area contributed by atoms with Gasteiger partial charge in [-0.25, -0.2) is 4.79 Å². The Morgan fingerprint density at radius 3 is 2.61 bits per heavy atom. The van der Waals surface area contributed by atoms with Crippen LogP contribution in [-0.4, -0.2) is 25.7 Å². The molecule has 0 aliphatic carbocycles. The molecule has 1 aromatic rings. The summed E-state index contributed by atoms with van der Waals surface area (Å²) in [6, 6.07) is 7.26. The Labute approximate surface area is 109 Å². The largest absolute Gasteiger partial charge is 0.464 e. The van der Waals surface area contributed by atoms with Gasteiger partial charge in [0.1, 0.15) is 6.04 Å². The summed E-state index contributed by atoms with van der Waals surface area (Å²) in [5, 5.41) is 0. The molecule has 0 aliphatic heterocycles. The van der Waals surface area contributed by atoms with Gasteiger partial charge in [-0.1, -0.05) is 25.5 Å². The molecule has 0 aromatic heterocycles. The fourth-order valence-corrected chi connectivity index (χ4v) is 1.96. The summed E-state index contributed by atoms with van der Waals surface area (Å²) in [7, 11) is 1.88. The lowest BCUT2D eigenvalue weighted by Crippen LogP contribution is -2.40. The number of para-hydroxylation sites is 2. The van der Waals surface area contributed by atoms with E-state index in [0.717, 1.165) is 18.5 Å². The van der Waals surface area contributed by atoms with Crippen molar-refractivity contribution in [3.63, 3.8) is 0 Å². The molecule has 0 amide bonds. The second-order valence-electron chi connectivity index (χ2n) is 4.23. The highest BCUT2D eigenvalue weighted by molar-refractivity contribution is 5.82. The minimum Gasteiger partial charge on any atom is -0.464 e. The van der Waals surface area contributed by atoms with E-state index in [1.807, 2.05) is 43.1 Å². The van der Waals surface area contributed by atoms with Crippen LogP contribution in [0, 0.1) is 0 Å². The van der Waals surface area contributed by atoms with Crippen LogP contribution in [0.3, 0.4) is 0 Å². The first-order chi connectivity index (χ1) is 8.61. The van der Waals surface area contributed by atoms with Gasteiger partial charge in [-0.05, 0) is 25.5 Å². The van der Waals surface area contributed by atoms with Crippen LogP contribution >= 0.6 is 0 Å². The number of nitrogen functional groups attached to an aromatic ring is 1. The third-order valence-electron chi connectivity index (χ3n) is 2.91. The first-order valence-corrected chi connectivity index (χ1v) is 6.35. The van der Waals surface area contributed by atoms with E-state index < -0.39 is 0 Å². The van der Waals surface area contributed by atoms with Crippen LogP contribution in [0.15, 0.2) is 24.3 Å². The molecule has 0 radical (unpaired) electrons. The number of carbonyl (C=O) groups is 1. The quantitative estimate of drug-likeness (QED) is 0.622. The van der Waals surface area contributed by atoms with Crippen LogP contribution < -0.4 is 10.6 Å². The van der Waals surface area contributed by atoms with Gasteiger partial charge in [-0.15, -0.1) is 0 Å². The first-order valence-electron chi connectivity index (χ1n) is 6.35. The zero-order valence-corrected chi connectivity index (χ0v) is 11.3. The lowest BCUT2D eigenvalue weighted by atomic mass is 10.1. The molecule has 4 heteroatoms. The van der Waals surface area contributed by atoms with Crippen molar-refractivity contribution in [2.24, 2.45) is 0 Å². The van der Waals surface area contributed by atoms with E-state index in [-0.39, 0.29) is 12.0 Å². The van der Waals surface area contributed by atoms with Crippen molar-refractivity contribution in [2.75, 3.05) is 24.3 Å². The molecule has 1 unspecified atom stereocenters. The molecule has 4 nitrogen and oxygen atoms in total. The van der Waals surface area contributed by atoms with Crippen LogP contribution in [0.5, 0.6) is 0 Å². The Bertz CT molecular complexity index is 393. The van der Waals surface area contributed by atoms with E-state index in [1.54, 1.807) is 0 Å². The van der Waals surface area contributed by atoms with Gasteiger partial charge in [0, 0.05) is 7.05 Å². The van der Waals surface area contributed by atoms with Crippen molar-refractivity contribution in [3.05, 3.63) is 24.3 Å². The van der Waals surface area contributed by atoms with E-state index in [9.17, 15) is 4.79 Å². The molecule has 0 heterocycles. The Kier molecular flexibility index (Phi) is 5.49. The maximum atomic E-state index is 12.0. The van der Waals surface area contributed by atoms with E-state index in [2.05, 4.69) is 6.92 Å². The fraction of sp³-hybridized carbons (Fsp3) is 0.500.